The average molecular weight is 261 g/mol. The summed E-state index contributed by atoms with van der Waals surface area (Å²) in [6.45, 7) is 8.47. The van der Waals surface area contributed by atoms with Crippen LogP contribution in [0.25, 0.3) is 0 Å². The van der Waals surface area contributed by atoms with Crippen LogP contribution in [0.4, 0.5) is 0 Å². The summed E-state index contributed by atoms with van der Waals surface area (Å²) < 4.78 is 0. The molecule has 19 heavy (non-hydrogen) atoms. The van der Waals surface area contributed by atoms with Gasteiger partial charge in [0, 0.05) is 11.6 Å². The molecule has 0 radical (unpaired) electrons. The van der Waals surface area contributed by atoms with Gasteiger partial charge < -0.3 is 5.32 Å². The predicted octanol–water partition coefficient (Wildman–Crippen LogP) is 4.39. The number of nitrogens with one attached hydrogen (secondary N) is 1. The Morgan fingerprint density at radius 2 is 1.84 bits per heavy atom. The summed E-state index contributed by atoms with van der Waals surface area (Å²) in [4.78, 5) is 12.2. The summed E-state index contributed by atoms with van der Waals surface area (Å²) >= 11 is 0. The molecule has 1 atom stereocenters. The molecule has 0 aromatic heterocycles. The topological polar surface area (TPSA) is 29.1 Å². The van der Waals surface area contributed by atoms with Crippen LogP contribution in [0.2, 0.25) is 0 Å². The Hall–Kier alpha value is -1.31. The van der Waals surface area contributed by atoms with Crippen LogP contribution in [0.15, 0.2) is 18.2 Å². The number of hydrogen-bond acceptors (Lipinski definition) is 1. The molecule has 0 bridgehead atoms. The summed E-state index contributed by atoms with van der Waals surface area (Å²) in [6.07, 6.45) is 5.62. The third-order valence-electron chi connectivity index (χ3n) is 3.65. The maximum Gasteiger partial charge on any atom is 0.251 e. The van der Waals surface area contributed by atoms with Crippen molar-refractivity contribution >= 4 is 5.91 Å². The second-order valence-corrected chi connectivity index (χ2v) is 5.40. The van der Waals surface area contributed by atoms with E-state index in [1.54, 1.807) is 0 Å². The van der Waals surface area contributed by atoms with Crippen molar-refractivity contribution in [2.24, 2.45) is 0 Å². The van der Waals surface area contributed by atoms with Gasteiger partial charge in [-0.25, -0.2) is 0 Å². The second kappa shape index (κ2) is 7.98. The third-order valence-corrected chi connectivity index (χ3v) is 3.65. The van der Waals surface area contributed by atoms with Crippen LogP contribution in [0.1, 0.15) is 67.4 Å². The normalized spacial score (nSPS) is 12.2. The Morgan fingerprint density at radius 3 is 2.42 bits per heavy atom. The number of hydrogen-bond donors (Lipinski definition) is 1. The first kappa shape index (κ1) is 15.7. The van der Waals surface area contributed by atoms with Gasteiger partial charge in [0.1, 0.15) is 0 Å². The zero-order chi connectivity index (χ0) is 14.3. The van der Waals surface area contributed by atoms with Crippen molar-refractivity contribution in [1.29, 1.82) is 0 Å². The smallest absolute Gasteiger partial charge is 0.251 e. The summed E-state index contributed by atoms with van der Waals surface area (Å²) in [5, 5.41) is 3.18. The van der Waals surface area contributed by atoms with Gasteiger partial charge in [-0.15, -0.1) is 0 Å². The van der Waals surface area contributed by atoms with Crippen molar-refractivity contribution in [3.05, 3.63) is 34.9 Å². The monoisotopic (exact) mass is 261 g/mol. The Morgan fingerprint density at radius 1 is 1.11 bits per heavy atom. The lowest BCUT2D eigenvalue weighted by Crippen LogP contribution is -2.34. The highest BCUT2D eigenvalue weighted by atomic mass is 16.1. The summed E-state index contributed by atoms with van der Waals surface area (Å²) in [7, 11) is 0. The summed E-state index contributed by atoms with van der Waals surface area (Å²) in [6, 6.07) is 6.23. The number of carbonyl (C=O) groups excluding carboxylic acids is 1. The fourth-order valence-corrected chi connectivity index (χ4v) is 2.24. The molecule has 1 unspecified atom stereocenters. The number of unbranched alkanes of at least 4 members (excludes halogenated alkanes) is 1. The van der Waals surface area contributed by atoms with Crippen molar-refractivity contribution in [3.63, 3.8) is 0 Å². The van der Waals surface area contributed by atoms with Gasteiger partial charge >= 0.3 is 0 Å². The van der Waals surface area contributed by atoms with Crippen LogP contribution < -0.4 is 5.32 Å². The highest BCUT2D eigenvalue weighted by Gasteiger charge is 2.13. The molecule has 0 saturated heterocycles. The van der Waals surface area contributed by atoms with Crippen LogP contribution >= 0.6 is 0 Å². The third kappa shape index (κ3) is 5.06. The van der Waals surface area contributed by atoms with Gasteiger partial charge in [0.25, 0.3) is 5.91 Å². The van der Waals surface area contributed by atoms with E-state index in [1.807, 2.05) is 25.1 Å². The predicted molar refractivity (Wildman–Crippen MR) is 81.6 cm³/mol. The van der Waals surface area contributed by atoms with E-state index in [1.165, 1.54) is 24.0 Å². The van der Waals surface area contributed by atoms with Crippen molar-refractivity contribution in [3.8, 4) is 0 Å². The molecule has 1 N–H and O–H groups in total. The maximum absolute atomic E-state index is 12.2. The fourth-order valence-electron chi connectivity index (χ4n) is 2.24. The van der Waals surface area contributed by atoms with E-state index in [0.29, 0.717) is 6.04 Å². The van der Waals surface area contributed by atoms with Gasteiger partial charge in [-0.3, -0.25) is 4.79 Å². The molecule has 0 saturated carbocycles. The van der Waals surface area contributed by atoms with Crippen molar-refractivity contribution in [2.45, 2.75) is 65.8 Å². The number of carbonyl (C=O) groups is 1. The minimum absolute atomic E-state index is 0.0673. The molecule has 1 amide bonds. The van der Waals surface area contributed by atoms with E-state index >= 15 is 0 Å². The Balaban J connectivity index is 2.66. The Labute approximate surface area is 117 Å². The maximum atomic E-state index is 12.2. The van der Waals surface area contributed by atoms with E-state index in [0.717, 1.165) is 24.8 Å². The molecule has 1 aromatic carbocycles. The van der Waals surface area contributed by atoms with Crippen molar-refractivity contribution in [1.82, 2.24) is 5.32 Å². The molecule has 2 heteroatoms. The quantitative estimate of drug-likeness (QED) is 0.774. The van der Waals surface area contributed by atoms with Gasteiger partial charge in [-0.2, -0.15) is 0 Å². The number of benzene rings is 1. The Kier molecular flexibility index (Phi) is 6.61. The molecule has 0 spiro atoms. The first-order valence-electron chi connectivity index (χ1n) is 7.46. The zero-order valence-corrected chi connectivity index (χ0v) is 12.8. The van der Waals surface area contributed by atoms with Gasteiger partial charge in [0.2, 0.25) is 0 Å². The van der Waals surface area contributed by atoms with Crippen LogP contribution in [0.5, 0.6) is 0 Å². The molecule has 0 aliphatic carbocycles. The standard InChI is InChI=1S/C17H27NO/c1-5-7-9-16(8-6-2)18-17(19)15-11-10-13(3)14(4)12-15/h10-12,16H,5-9H2,1-4H3,(H,18,19). The largest absolute Gasteiger partial charge is 0.349 e. The van der Waals surface area contributed by atoms with Gasteiger partial charge in [-0.05, 0) is 49.9 Å². The van der Waals surface area contributed by atoms with E-state index in [2.05, 4.69) is 26.1 Å². The van der Waals surface area contributed by atoms with E-state index in [9.17, 15) is 4.79 Å². The molecule has 0 fully saturated rings. The molecule has 0 aliphatic heterocycles. The van der Waals surface area contributed by atoms with E-state index in [4.69, 9.17) is 0 Å². The SMILES string of the molecule is CCCCC(CCC)NC(=O)c1ccc(C)c(C)c1. The average Bonchev–Trinajstić information content (AvgIpc) is 2.39. The second-order valence-electron chi connectivity index (χ2n) is 5.40. The van der Waals surface area contributed by atoms with Crippen molar-refractivity contribution < 1.29 is 4.79 Å². The highest BCUT2D eigenvalue weighted by molar-refractivity contribution is 5.94. The summed E-state index contributed by atoms with van der Waals surface area (Å²) in [5.41, 5.74) is 3.18. The number of amides is 1. The summed E-state index contributed by atoms with van der Waals surface area (Å²) in [5.74, 6) is 0.0673. The molecule has 1 aromatic rings. The van der Waals surface area contributed by atoms with E-state index in [-0.39, 0.29) is 5.91 Å². The number of aryl methyl sites for hydroxylation is 2. The first-order valence-corrected chi connectivity index (χ1v) is 7.46. The Bertz CT molecular complexity index is 412. The van der Waals surface area contributed by atoms with Crippen LogP contribution in [0, 0.1) is 13.8 Å². The molecule has 0 heterocycles. The molecular formula is C17H27NO. The molecule has 106 valence electrons. The van der Waals surface area contributed by atoms with Crippen molar-refractivity contribution in [2.75, 3.05) is 0 Å². The lowest BCUT2D eigenvalue weighted by atomic mass is 10.0. The van der Waals surface area contributed by atoms with Crippen LogP contribution in [-0.2, 0) is 0 Å². The lowest BCUT2D eigenvalue weighted by Gasteiger charge is -2.18. The van der Waals surface area contributed by atoms with Gasteiger partial charge in [-0.1, -0.05) is 39.2 Å². The van der Waals surface area contributed by atoms with E-state index < -0.39 is 0 Å². The van der Waals surface area contributed by atoms with Crippen LogP contribution in [-0.4, -0.2) is 11.9 Å². The van der Waals surface area contributed by atoms with Gasteiger partial charge in [0.15, 0.2) is 0 Å². The lowest BCUT2D eigenvalue weighted by molar-refractivity contribution is 0.0932. The van der Waals surface area contributed by atoms with Gasteiger partial charge in [0.05, 0.1) is 0 Å². The fraction of sp³-hybridized carbons (Fsp3) is 0.588. The first-order chi connectivity index (χ1) is 9.08. The molecule has 2 nitrogen and oxygen atoms in total. The molecule has 0 aliphatic rings. The minimum atomic E-state index is 0.0673. The van der Waals surface area contributed by atoms with Crippen LogP contribution in [0.3, 0.4) is 0 Å². The zero-order valence-electron chi connectivity index (χ0n) is 12.8. The minimum Gasteiger partial charge on any atom is -0.349 e. The highest BCUT2D eigenvalue weighted by Crippen LogP contribution is 2.12. The molecule has 1 rings (SSSR count). The molecular weight excluding hydrogens is 234 g/mol. The number of rotatable bonds is 7.